The number of benzene rings is 1. The molecule has 23 heavy (non-hydrogen) atoms. The molecule has 3 rings (SSSR count). The van der Waals surface area contributed by atoms with Crippen LogP contribution < -0.4 is 11.0 Å². The summed E-state index contributed by atoms with van der Waals surface area (Å²) in [6.07, 6.45) is 1.84. The highest BCUT2D eigenvalue weighted by Gasteiger charge is 2.30. The number of aromatic amines is 1. The molecule has 1 aliphatic rings. The van der Waals surface area contributed by atoms with Crippen LogP contribution in [0.3, 0.4) is 0 Å². The number of aromatic nitrogens is 3. The van der Waals surface area contributed by atoms with Gasteiger partial charge in [-0.2, -0.15) is 0 Å². The van der Waals surface area contributed by atoms with E-state index in [1.807, 2.05) is 0 Å². The molecule has 2 N–H and O–H groups in total. The van der Waals surface area contributed by atoms with Gasteiger partial charge in [-0.3, -0.25) is 9.36 Å². The van der Waals surface area contributed by atoms with Crippen LogP contribution in [0.5, 0.6) is 0 Å². The van der Waals surface area contributed by atoms with Crippen molar-refractivity contribution < 1.29 is 13.6 Å². The molecule has 0 aliphatic heterocycles. The molecule has 0 radical (unpaired) electrons. The van der Waals surface area contributed by atoms with Gasteiger partial charge in [0.2, 0.25) is 5.91 Å². The van der Waals surface area contributed by atoms with Gasteiger partial charge in [-0.25, -0.2) is 18.7 Å². The van der Waals surface area contributed by atoms with E-state index in [4.69, 9.17) is 0 Å². The summed E-state index contributed by atoms with van der Waals surface area (Å²) in [5.74, 6) is -2.40. The van der Waals surface area contributed by atoms with Crippen LogP contribution in [0.1, 0.15) is 25.8 Å². The lowest BCUT2D eigenvalue weighted by Gasteiger charge is -2.12. The Labute approximate surface area is 134 Å². The van der Waals surface area contributed by atoms with Crippen LogP contribution in [0, 0.1) is 11.6 Å². The van der Waals surface area contributed by atoms with Crippen molar-refractivity contribution in [3.63, 3.8) is 0 Å². The van der Waals surface area contributed by atoms with E-state index in [0.717, 1.165) is 36.7 Å². The first-order valence-corrected chi connectivity index (χ1v) is 7.93. The number of nitrogens with one attached hydrogen (secondary N) is 2. The van der Waals surface area contributed by atoms with E-state index >= 15 is 0 Å². The fourth-order valence-corrected chi connectivity index (χ4v) is 2.98. The highest BCUT2D eigenvalue weighted by atomic mass is 32.2. The number of rotatable bonds is 5. The van der Waals surface area contributed by atoms with Crippen LogP contribution in [-0.4, -0.2) is 25.9 Å². The molecule has 6 nitrogen and oxygen atoms in total. The lowest BCUT2D eigenvalue weighted by atomic mass is 10.3. The molecule has 1 heterocycles. The number of hydrogen-bond acceptors (Lipinski definition) is 4. The average Bonchev–Trinajstić information content (AvgIpc) is 3.27. The molecule has 1 saturated carbocycles. The van der Waals surface area contributed by atoms with E-state index in [1.54, 1.807) is 11.5 Å². The average molecular weight is 340 g/mol. The molecule has 1 aromatic carbocycles. The van der Waals surface area contributed by atoms with Gasteiger partial charge in [0.05, 0.1) is 5.25 Å². The van der Waals surface area contributed by atoms with Crippen LogP contribution in [0.2, 0.25) is 0 Å². The monoisotopic (exact) mass is 340 g/mol. The Balaban J connectivity index is 1.68. The van der Waals surface area contributed by atoms with E-state index in [1.165, 1.54) is 6.07 Å². The highest BCUT2D eigenvalue weighted by molar-refractivity contribution is 8.00. The lowest BCUT2D eigenvalue weighted by Crippen LogP contribution is -2.23. The van der Waals surface area contributed by atoms with Crippen molar-refractivity contribution in [2.45, 2.75) is 36.2 Å². The first-order valence-electron chi connectivity index (χ1n) is 7.05. The molecule has 1 atom stereocenters. The maximum atomic E-state index is 13.1. The van der Waals surface area contributed by atoms with Crippen molar-refractivity contribution in [1.82, 2.24) is 14.8 Å². The van der Waals surface area contributed by atoms with Gasteiger partial charge in [0.25, 0.3) is 0 Å². The summed E-state index contributed by atoms with van der Waals surface area (Å²) in [4.78, 5) is 23.8. The zero-order valence-corrected chi connectivity index (χ0v) is 13.0. The first-order chi connectivity index (χ1) is 11.0. The van der Waals surface area contributed by atoms with Gasteiger partial charge >= 0.3 is 5.69 Å². The number of H-pyrrole nitrogens is 1. The number of amides is 1. The number of nitrogens with zero attached hydrogens (tertiary/aromatic N) is 2. The summed E-state index contributed by atoms with van der Waals surface area (Å²) in [5, 5.41) is 8.71. The molecular formula is C14H14F2N4O2S. The van der Waals surface area contributed by atoms with Crippen molar-refractivity contribution in [3.8, 4) is 0 Å². The van der Waals surface area contributed by atoms with Crippen LogP contribution in [0.15, 0.2) is 28.2 Å². The maximum absolute atomic E-state index is 13.1. The molecule has 0 bridgehead atoms. The largest absolute Gasteiger partial charge is 0.344 e. The zero-order chi connectivity index (χ0) is 16.6. The topological polar surface area (TPSA) is 79.8 Å². The second-order valence-corrected chi connectivity index (χ2v) is 6.60. The predicted molar refractivity (Wildman–Crippen MR) is 81.4 cm³/mol. The predicted octanol–water partition coefficient (Wildman–Crippen LogP) is 2.30. The molecule has 0 spiro atoms. The van der Waals surface area contributed by atoms with Crippen LogP contribution in [-0.2, 0) is 4.79 Å². The van der Waals surface area contributed by atoms with Crippen molar-refractivity contribution >= 4 is 23.4 Å². The first kappa shape index (κ1) is 15.7. The fraction of sp³-hybridized carbons (Fsp3) is 0.357. The van der Waals surface area contributed by atoms with Gasteiger partial charge in [0.15, 0.2) is 16.8 Å². The van der Waals surface area contributed by atoms with Crippen molar-refractivity contribution in [3.05, 3.63) is 40.3 Å². The second kappa shape index (κ2) is 6.15. The number of anilines is 1. The molecule has 1 amide bonds. The summed E-state index contributed by atoms with van der Waals surface area (Å²) in [6.45, 7) is 1.65. The molecule has 2 aromatic rings. The number of carbonyl (C=O) groups excluding carboxylic acids is 1. The van der Waals surface area contributed by atoms with Gasteiger partial charge in [0, 0.05) is 17.8 Å². The zero-order valence-electron chi connectivity index (χ0n) is 12.2. The van der Waals surface area contributed by atoms with Crippen LogP contribution in [0.25, 0.3) is 0 Å². The summed E-state index contributed by atoms with van der Waals surface area (Å²) in [5.41, 5.74) is -0.119. The van der Waals surface area contributed by atoms with Crippen molar-refractivity contribution in [1.29, 1.82) is 0 Å². The third kappa shape index (κ3) is 3.44. The van der Waals surface area contributed by atoms with E-state index in [2.05, 4.69) is 15.5 Å². The minimum Gasteiger partial charge on any atom is -0.325 e. The minimum absolute atomic E-state index is 0.144. The Morgan fingerprint density at radius 3 is 2.83 bits per heavy atom. The standard InChI is InChI=1S/C14H14F2N4O2S/c1-7(12(21)17-8-2-5-10(15)11(16)6-8)23-14-19-18-13(22)20(14)9-3-4-9/h2,5-7,9H,3-4H2,1H3,(H,17,21)(H,18,22)/t7-/m0/s1. The number of carbonyl (C=O) groups is 1. The Hall–Kier alpha value is -2.16. The third-order valence-electron chi connectivity index (χ3n) is 3.42. The normalized spacial score (nSPS) is 15.4. The van der Waals surface area contributed by atoms with Crippen molar-refractivity contribution in [2.75, 3.05) is 5.32 Å². The Morgan fingerprint density at radius 2 is 2.17 bits per heavy atom. The summed E-state index contributed by atoms with van der Waals surface area (Å²) >= 11 is 1.13. The van der Waals surface area contributed by atoms with Crippen LogP contribution in [0.4, 0.5) is 14.5 Å². The number of thioether (sulfide) groups is 1. The smallest absolute Gasteiger partial charge is 0.325 e. The van der Waals surface area contributed by atoms with E-state index in [0.29, 0.717) is 5.16 Å². The van der Waals surface area contributed by atoms with Gasteiger partial charge in [0.1, 0.15) is 0 Å². The SMILES string of the molecule is C[C@H](Sc1n[nH]c(=O)n1C1CC1)C(=O)Nc1ccc(F)c(F)c1. The Kier molecular flexibility index (Phi) is 4.20. The van der Waals surface area contributed by atoms with E-state index in [9.17, 15) is 18.4 Å². The molecule has 0 unspecified atom stereocenters. The molecule has 0 saturated heterocycles. The fourth-order valence-electron chi connectivity index (χ4n) is 2.06. The third-order valence-corrected chi connectivity index (χ3v) is 4.49. The maximum Gasteiger partial charge on any atom is 0.344 e. The quantitative estimate of drug-likeness (QED) is 0.819. The van der Waals surface area contributed by atoms with E-state index < -0.39 is 16.9 Å². The molecule has 1 fully saturated rings. The van der Waals surface area contributed by atoms with Gasteiger partial charge in [-0.05, 0) is 31.9 Å². The number of hydrogen-bond donors (Lipinski definition) is 2. The molecule has 1 aromatic heterocycles. The van der Waals surface area contributed by atoms with E-state index in [-0.39, 0.29) is 23.3 Å². The van der Waals surface area contributed by atoms with Gasteiger partial charge in [-0.15, -0.1) is 5.10 Å². The summed E-state index contributed by atoms with van der Waals surface area (Å²) in [6, 6.07) is 3.29. The summed E-state index contributed by atoms with van der Waals surface area (Å²) < 4.78 is 27.6. The minimum atomic E-state index is -1.03. The molecule has 122 valence electrons. The van der Waals surface area contributed by atoms with Crippen molar-refractivity contribution in [2.24, 2.45) is 0 Å². The van der Waals surface area contributed by atoms with Crippen LogP contribution >= 0.6 is 11.8 Å². The highest BCUT2D eigenvalue weighted by Crippen LogP contribution is 2.36. The Morgan fingerprint density at radius 1 is 1.43 bits per heavy atom. The Bertz CT molecular complexity index is 800. The molecule has 9 heteroatoms. The number of halogens is 2. The molecule has 1 aliphatic carbocycles. The summed E-state index contributed by atoms with van der Waals surface area (Å²) in [7, 11) is 0. The van der Waals surface area contributed by atoms with Gasteiger partial charge in [-0.1, -0.05) is 11.8 Å². The lowest BCUT2D eigenvalue weighted by molar-refractivity contribution is -0.115. The molecular weight excluding hydrogens is 326 g/mol. The van der Waals surface area contributed by atoms with Gasteiger partial charge < -0.3 is 5.32 Å². The second-order valence-electron chi connectivity index (χ2n) is 5.29.